The predicted molar refractivity (Wildman–Crippen MR) is 61.6 cm³/mol. The molecule has 16 heavy (non-hydrogen) atoms. The maximum absolute atomic E-state index is 12.7. The largest absolute Gasteiger partial charge is 0.299 e. The van der Waals surface area contributed by atoms with E-state index in [4.69, 9.17) is 0 Å². The maximum atomic E-state index is 12.7. The van der Waals surface area contributed by atoms with Gasteiger partial charge in [-0.05, 0) is 36.5 Å². The number of benzene rings is 1. The maximum Gasteiger partial charge on any atom is 0.140 e. The molecule has 2 rings (SSSR count). The van der Waals surface area contributed by atoms with Crippen molar-refractivity contribution in [3.05, 3.63) is 35.6 Å². The molecule has 1 aliphatic rings. The summed E-state index contributed by atoms with van der Waals surface area (Å²) in [6.07, 6.45) is 3.82. The van der Waals surface area contributed by atoms with E-state index in [2.05, 4.69) is 6.92 Å². The molecule has 1 fully saturated rings. The molecule has 0 N–H and O–H groups in total. The summed E-state index contributed by atoms with van der Waals surface area (Å²) in [7, 11) is 0. The molecule has 0 spiro atoms. The van der Waals surface area contributed by atoms with Gasteiger partial charge in [0.25, 0.3) is 0 Å². The summed E-state index contributed by atoms with van der Waals surface area (Å²) < 4.78 is 12.7. The van der Waals surface area contributed by atoms with Crippen molar-refractivity contribution in [2.75, 3.05) is 0 Å². The Labute approximate surface area is 95.7 Å². The van der Waals surface area contributed by atoms with Crippen LogP contribution in [0.25, 0.3) is 0 Å². The van der Waals surface area contributed by atoms with Gasteiger partial charge in [-0.3, -0.25) is 4.79 Å². The summed E-state index contributed by atoms with van der Waals surface area (Å²) in [5, 5.41) is 0. The lowest BCUT2D eigenvalue weighted by atomic mass is 9.90. The van der Waals surface area contributed by atoms with Crippen molar-refractivity contribution >= 4 is 5.78 Å². The van der Waals surface area contributed by atoms with Gasteiger partial charge < -0.3 is 0 Å². The van der Waals surface area contributed by atoms with Crippen LogP contribution in [-0.4, -0.2) is 5.78 Å². The van der Waals surface area contributed by atoms with Crippen molar-refractivity contribution in [2.24, 2.45) is 11.8 Å². The number of Topliss-reactive ketones (excluding diaryl/α,β-unsaturated/α-hetero) is 1. The van der Waals surface area contributed by atoms with E-state index in [1.807, 2.05) is 0 Å². The third-order valence-corrected chi connectivity index (χ3v) is 3.57. The number of hydrogen-bond acceptors (Lipinski definition) is 1. The molecule has 1 saturated carbocycles. The zero-order valence-corrected chi connectivity index (χ0v) is 9.58. The Hall–Kier alpha value is -1.18. The molecule has 2 unspecified atom stereocenters. The summed E-state index contributed by atoms with van der Waals surface area (Å²) in [6, 6.07) is 6.24. The first-order chi connectivity index (χ1) is 7.66. The van der Waals surface area contributed by atoms with Crippen LogP contribution in [0.5, 0.6) is 0 Å². The molecule has 0 heterocycles. The lowest BCUT2D eigenvalue weighted by Gasteiger charge is -2.13. The van der Waals surface area contributed by atoms with E-state index in [9.17, 15) is 9.18 Å². The molecule has 1 aromatic carbocycles. The van der Waals surface area contributed by atoms with Gasteiger partial charge in [0.1, 0.15) is 11.6 Å². The van der Waals surface area contributed by atoms with Crippen molar-refractivity contribution in [3.8, 4) is 0 Å². The number of ketones is 1. The fourth-order valence-electron chi connectivity index (χ4n) is 2.56. The lowest BCUT2D eigenvalue weighted by Crippen LogP contribution is -2.18. The molecule has 86 valence electrons. The van der Waals surface area contributed by atoms with Gasteiger partial charge >= 0.3 is 0 Å². The van der Waals surface area contributed by atoms with E-state index in [0.717, 1.165) is 12.0 Å². The van der Waals surface area contributed by atoms with Crippen molar-refractivity contribution in [1.82, 2.24) is 0 Å². The molecule has 1 aromatic rings. The summed E-state index contributed by atoms with van der Waals surface area (Å²) in [5.41, 5.74) is 0.922. The molecule has 2 atom stereocenters. The van der Waals surface area contributed by atoms with E-state index < -0.39 is 0 Å². The second-order valence-electron chi connectivity index (χ2n) is 4.78. The molecule has 0 amide bonds. The second kappa shape index (κ2) is 4.77. The quantitative estimate of drug-likeness (QED) is 0.763. The zero-order chi connectivity index (χ0) is 11.5. The molecule has 0 radical (unpaired) electrons. The van der Waals surface area contributed by atoms with Gasteiger partial charge in [-0.25, -0.2) is 4.39 Å². The first kappa shape index (κ1) is 11.3. The highest BCUT2D eigenvalue weighted by molar-refractivity contribution is 5.83. The van der Waals surface area contributed by atoms with Gasteiger partial charge in [0.2, 0.25) is 0 Å². The van der Waals surface area contributed by atoms with Crippen LogP contribution >= 0.6 is 0 Å². The minimum atomic E-state index is -0.245. The second-order valence-corrected chi connectivity index (χ2v) is 4.78. The Morgan fingerprint density at radius 3 is 2.56 bits per heavy atom. The van der Waals surface area contributed by atoms with Gasteiger partial charge in [0, 0.05) is 12.3 Å². The Morgan fingerprint density at radius 2 is 2.00 bits per heavy atom. The van der Waals surface area contributed by atoms with Gasteiger partial charge in [-0.2, -0.15) is 0 Å². The van der Waals surface area contributed by atoms with E-state index in [-0.39, 0.29) is 11.7 Å². The average Bonchev–Trinajstić information content (AvgIpc) is 2.68. The number of halogens is 1. The number of rotatable bonds is 3. The Balaban J connectivity index is 1.99. The number of carbonyl (C=O) groups excluding carboxylic acids is 1. The summed E-state index contributed by atoms with van der Waals surface area (Å²) in [4.78, 5) is 12.0. The highest BCUT2D eigenvalue weighted by Crippen LogP contribution is 2.32. The molecular weight excluding hydrogens is 203 g/mol. The summed E-state index contributed by atoms with van der Waals surface area (Å²) in [5.74, 6) is 0.819. The van der Waals surface area contributed by atoms with Gasteiger partial charge in [0.15, 0.2) is 0 Å². The average molecular weight is 220 g/mol. The fraction of sp³-hybridized carbons (Fsp3) is 0.500. The molecule has 0 saturated heterocycles. The first-order valence-electron chi connectivity index (χ1n) is 5.94. The molecule has 2 heteroatoms. The molecule has 0 aliphatic heterocycles. The fourth-order valence-corrected chi connectivity index (χ4v) is 2.56. The van der Waals surface area contributed by atoms with E-state index in [1.165, 1.54) is 25.0 Å². The molecule has 1 aliphatic carbocycles. The van der Waals surface area contributed by atoms with Crippen LogP contribution in [-0.2, 0) is 11.2 Å². The van der Waals surface area contributed by atoms with E-state index in [1.54, 1.807) is 12.1 Å². The van der Waals surface area contributed by atoms with Gasteiger partial charge in [-0.1, -0.05) is 25.5 Å². The third kappa shape index (κ3) is 2.49. The van der Waals surface area contributed by atoms with Crippen LogP contribution < -0.4 is 0 Å². The monoisotopic (exact) mass is 220 g/mol. The highest BCUT2D eigenvalue weighted by Gasteiger charge is 2.29. The Kier molecular flexibility index (Phi) is 3.37. The van der Waals surface area contributed by atoms with Crippen molar-refractivity contribution < 1.29 is 9.18 Å². The van der Waals surface area contributed by atoms with Crippen LogP contribution in [0.3, 0.4) is 0 Å². The smallest absolute Gasteiger partial charge is 0.140 e. The van der Waals surface area contributed by atoms with Crippen LogP contribution in [0, 0.1) is 17.7 Å². The van der Waals surface area contributed by atoms with Crippen LogP contribution in [0.15, 0.2) is 24.3 Å². The normalized spacial score (nSPS) is 24.6. The standard InChI is InChI=1S/C14H17FO/c1-10-3-2-4-13(10)14(16)9-11-5-7-12(15)8-6-11/h5-8,10,13H,2-4,9H2,1H3. The minimum Gasteiger partial charge on any atom is -0.299 e. The van der Waals surface area contributed by atoms with Crippen LogP contribution in [0.4, 0.5) is 4.39 Å². The van der Waals surface area contributed by atoms with E-state index >= 15 is 0 Å². The van der Waals surface area contributed by atoms with Gasteiger partial charge in [0.05, 0.1) is 0 Å². The summed E-state index contributed by atoms with van der Waals surface area (Å²) >= 11 is 0. The highest BCUT2D eigenvalue weighted by atomic mass is 19.1. The predicted octanol–water partition coefficient (Wildman–Crippen LogP) is 3.37. The minimum absolute atomic E-state index is 0.227. The van der Waals surface area contributed by atoms with Crippen LogP contribution in [0.1, 0.15) is 31.7 Å². The number of hydrogen-bond donors (Lipinski definition) is 0. The third-order valence-electron chi connectivity index (χ3n) is 3.57. The van der Waals surface area contributed by atoms with E-state index in [0.29, 0.717) is 18.1 Å². The molecule has 0 bridgehead atoms. The Bertz CT molecular complexity index is 369. The first-order valence-corrected chi connectivity index (χ1v) is 5.94. The molecule has 0 aromatic heterocycles. The SMILES string of the molecule is CC1CCCC1C(=O)Cc1ccc(F)cc1. The molecular formula is C14H17FO. The topological polar surface area (TPSA) is 17.1 Å². The Morgan fingerprint density at radius 1 is 1.31 bits per heavy atom. The summed E-state index contributed by atoms with van der Waals surface area (Å²) in [6.45, 7) is 2.15. The van der Waals surface area contributed by atoms with Crippen molar-refractivity contribution in [1.29, 1.82) is 0 Å². The zero-order valence-electron chi connectivity index (χ0n) is 9.58. The molecule has 1 nitrogen and oxygen atoms in total. The van der Waals surface area contributed by atoms with Crippen molar-refractivity contribution in [2.45, 2.75) is 32.6 Å². The lowest BCUT2D eigenvalue weighted by molar-refractivity contribution is -0.123. The van der Waals surface area contributed by atoms with Gasteiger partial charge in [-0.15, -0.1) is 0 Å². The van der Waals surface area contributed by atoms with Crippen LogP contribution in [0.2, 0.25) is 0 Å². The van der Waals surface area contributed by atoms with Crippen molar-refractivity contribution in [3.63, 3.8) is 0 Å². The number of carbonyl (C=O) groups is 1.